The summed E-state index contributed by atoms with van der Waals surface area (Å²) < 4.78 is 5.37. The smallest absolute Gasteiger partial charge is 0.222 e. The van der Waals surface area contributed by atoms with Gasteiger partial charge in [0.05, 0.1) is 18.5 Å². The highest BCUT2D eigenvalue weighted by atomic mass is 16.5. The zero-order valence-corrected chi connectivity index (χ0v) is 16.0. The van der Waals surface area contributed by atoms with Crippen LogP contribution in [0.2, 0.25) is 0 Å². The van der Waals surface area contributed by atoms with Crippen LogP contribution in [0.15, 0.2) is 53.5 Å². The molecule has 2 N–H and O–H groups in total. The molecule has 1 fully saturated rings. The average molecular weight is 377 g/mol. The van der Waals surface area contributed by atoms with Crippen LogP contribution in [-0.2, 0) is 0 Å². The number of likely N-dealkylation sites (tertiary alicyclic amines) is 1. The second-order valence-corrected chi connectivity index (χ2v) is 6.94. The number of hydrogen-bond donors (Lipinski definition) is 1. The zero-order chi connectivity index (χ0) is 19.7. The van der Waals surface area contributed by atoms with Gasteiger partial charge >= 0.3 is 0 Å². The molecule has 0 unspecified atom stereocenters. The van der Waals surface area contributed by atoms with Crippen LogP contribution in [0.5, 0.6) is 5.75 Å². The Bertz CT molecular complexity index is 948. The van der Waals surface area contributed by atoms with Crippen molar-refractivity contribution in [3.05, 3.63) is 54.6 Å². The summed E-state index contributed by atoms with van der Waals surface area (Å²) in [6.07, 6.45) is 5.27. The van der Waals surface area contributed by atoms with Crippen molar-refractivity contribution in [2.45, 2.75) is 12.8 Å². The van der Waals surface area contributed by atoms with Crippen LogP contribution in [0.1, 0.15) is 24.1 Å². The zero-order valence-electron chi connectivity index (χ0n) is 16.0. The fourth-order valence-electron chi connectivity index (χ4n) is 3.49. The minimum Gasteiger partial charge on any atom is -0.494 e. The van der Waals surface area contributed by atoms with E-state index in [1.165, 1.54) is 0 Å². The predicted molar refractivity (Wildman–Crippen MR) is 109 cm³/mol. The largest absolute Gasteiger partial charge is 0.494 e. The maximum atomic E-state index is 6.16. The third-order valence-corrected chi connectivity index (χ3v) is 4.91. The molecule has 4 rings (SSSR count). The molecule has 3 heterocycles. The van der Waals surface area contributed by atoms with Crippen molar-refractivity contribution < 1.29 is 4.74 Å². The van der Waals surface area contributed by atoms with Gasteiger partial charge in [-0.2, -0.15) is 5.10 Å². The Kier molecular flexibility index (Phi) is 4.79. The Hall–Kier alpha value is -3.26. The first kappa shape index (κ1) is 18.1. The van der Waals surface area contributed by atoms with Crippen molar-refractivity contribution in [2.24, 2.45) is 15.8 Å². The Morgan fingerprint density at radius 3 is 2.89 bits per heavy atom. The van der Waals surface area contributed by atoms with E-state index < -0.39 is 0 Å². The number of nitrogens with two attached hydrogens (primary N) is 1. The average Bonchev–Trinajstić information content (AvgIpc) is 2.68. The quantitative estimate of drug-likeness (QED) is 0.803. The second-order valence-electron chi connectivity index (χ2n) is 6.94. The van der Waals surface area contributed by atoms with Crippen molar-refractivity contribution in [3.63, 3.8) is 0 Å². The highest BCUT2D eigenvalue weighted by Crippen LogP contribution is 2.39. The van der Waals surface area contributed by atoms with E-state index in [-0.39, 0.29) is 5.96 Å². The van der Waals surface area contributed by atoms with Gasteiger partial charge in [-0.15, -0.1) is 0 Å². The molecule has 0 amide bonds. The fraction of sp³-hybridized carbons (Fsp3) is 0.300. The molecule has 0 spiro atoms. The van der Waals surface area contributed by atoms with Gasteiger partial charge in [-0.1, -0.05) is 18.7 Å². The van der Waals surface area contributed by atoms with E-state index >= 15 is 0 Å². The van der Waals surface area contributed by atoms with E-state index in [1.807, 2.05) is 31.3 Å². The third kappa shape index (κ3) is 3.34. The number of fused-ring (bicyclic) bond motifs is 1. The number of para-hydroxylation sites is 1. The fourth-order valence-corrected chi connectivity index (χ4v) is 3.49. The highest BCUT2D eigenvalue weighted by molar-refractivity contribution is 5.98. The number of methoxy groups -OCH3 is 1. The number of aromatic nitrogens is 2. The number of hydrogen-bond acceptors (Lipinski definition) is 8. The lowest BCUT2D eigenvalue weighted by molar-refractivity contribution is 0.169. The van der Waals surface area contributed by atoms with Gasteiger partial charge in [-0.05, 0) is 13.0 Å². The molecule has 0 atom stereocenters. The van der Waals surface area contributed by atoms with Crippen LogP contribution in [0.25, 0.3) is 5.70 Å². The molecule has 1 saturated heterocycles. The van der Waals surface area contributed by atoms with Gasteiger partial charge in [0, 0.05) is 55.4 Å². The monoisotopic (exact) mass is 377 g/mol. The summed E-state index contributed by atoms with van der Waals surface area (Å²) in [6.45, 7) is 8.77. The maximum absolute atomic E-state index is 6.16. The molecule has 8 nitrogen and oxygen atoms in total. The summed E-state index contributed by atoms with van der Waals surface area (Å²) in [6, 6.07) is 5.70. The van der Waals surface area contributed by atoms with Crippen molar-refractivity contribution in [2.75, 3.05) is 26.7 Å². The standard InChI is InChI=1S/C20H23N7O/c1-13(10-26-11-15(12-26)17-9-22-7-8-23-17)25-27-14(2)16-5-4-6-18(28-3)19(16)24-20(27)21/h4-9,15H,2,10-12H2,1,3H3,(H2,21,24)/b25-13+. The molecule has 0 saturated carbocycles. The van der Waals surface area contributed by atoms with Gasteiger partial charge in [0.25, 0.3) is 0 Å². The van der Waals surface area contributed by atoms with E-state index in [1.54, 1.807) is 24.5 Å². The van der Waals surface area contributed by atoms with Gasteiger partial charge in [0.15, 0.2) is 0 Å². The van der Waals surface area contributed by atoms with Gasteiger partial charge in [-0.25, -0.2) is 10.0 Å². The minimum absolute atomic E-state index is 0.280. The van der Waals surface area contributed by atoms with Crippen molar-refractivity contribution in [1.29, 1.82) is 0 Å². The Morgan fingerprint density at radius 2 is 2.18 bits per heavy atom. The van der Waals surface area contributed by atoms with Crippen LogP contribution in [0.4, 0.5) is 5.69 Å². The van der Waals surface area contributed by atoms with E-state index in [4.69, 9.17) is 10.5 Å². The van der Waals surface area contributed by atoms with Gasteiger partial charge in [-0.3, -0.25) is 14.9 Å². The number of aliphatic imine (C=N–C) groups is 1. The number of benzene rings is 1. The number of rotatable bonds is 5. The van der Waals surface area contributed by atoms with Crippen molar-refractivity contribution >= 4 is 23.1 Å². The van der Waals surface area contributed by atoms with Crippen LogP contribution in [0, 0.1) is 0 Å². The molecule has 2 aromatic rings. The summed E-state index contributed by atoms with van der Waals surface area (Å²) in [7, 11) is 1.61. The Balaban J connectivity index is 1.44. The number of ether oxygens (including phenoxy) is 1. The van der Waals surface area contributed by atoms with Gasteiger partial charge in [0.2, 0.25) is 5.96 Å². The first-order chi connectivity index (χ1) is 13.6. The molecule has 144 valence electrons. The highest BCUT2D eigenvalue weighted by Gasteiger charge is 2.30. The van der Waals surface area contributed by atoms with E-state index in [2.05, 4.69) is 31.5 Å². The van der Waals surface area contributed by atoms with Crippen LogP contribution < -0.4 is 10.5 Å². The number of guanidine groups is 1. The van der Waals surface area contributed by atoms with Crippen molar-refractivity contribution in [1.82, 2.24) is 19.9 Å². The van der Waals surface area contributed by atoms with E-state index in [9.17, 15) is 0 Å². The lowest BCUT2D eigenvalue weighted by Gasteiger charge is -2.38. The molecule has 1 aromatic carbocycles. The SMILES string of the molecule is C=C1c2cccc(OC)c2N=C(N)N1/N=C(\C)CN1CC(c2cnccn2)C1. The normalized spacial score (nSPS) is 17.8. The molecule has 28 heavy (non-hydrogen) atoms. The Labute approximate surface area is 164 Å². The van der Waals surface area contributed by atoms with Gasteiger partial charge in [0.1, 0.15) is 11.4 Å². The predicted octanol–water partition coefficient (Wildman–Crippen LogP) is 2.19. The summed E-state index contributed by atoms with van der Waals surface area (Å²) in [5, 5.41) is 6.25. The lowest BCUT2D eigenvalue weighted by Crippen LogP contribution is -2.47. The van der Waals surface area contributed by atoms with Crippen LogP contribution in [0.3, 0.4) is 0 Å². The first-order valence-electron chi connectivity index (χ1n) is 9.09. The lowest BCUT2D eigenvalue weighted by atomic mass is 9.96. The molecular weight excluding hydrogens is 354 g/mol. The van der Waals surface area contributed by atoms with E-state index in [0.29, 0.717) is 23.1 Å². The summed E-state index contributed by atoms with van der Waals surface area (Å²) in [5.74, 6) is 1.37. The summed E-state index contributed by atoms with van der Waals surface area (Å²) >= 11 is 0. The number of nitrogens with zero attached hydrogens (tertiary/aromatic N) is 6. The molecule has 2 aliphatic heterocycles. The first-order valence-corrected chi connectivity index (χ1v) is 9.09. The molecule has 8 heteroatoms. The second kappa shape index (κ2) is 7.40. The molecule has 0 bridgehead atoms. The van der Waals surface area contributed by atoms with Crippen LogP contribution >= 0.6 is 0 Å². The topological polar surface area (TPSA) is 92.2 Å². The summed E-state index contributed by atoms with van der Waals surface area (Å²) in [5.41, 5.74) is 10.4. The van der Waals surface area contributed by atoms with E-state index in [0.717, 1.165) is 36.6 Å². The molecule has 2 aliphatic rings. The third-order valence-electron chi connectivity index (χ3n) is 4.91. The Morgan fingerprint density at radius 1 is 1.36 bits per heavy atom. The number of hydrazone groups is 1. The molecule has 0 radical (unpaired) electrons. The van der Waals surface area contributed by atoms with Crippen LogP contribution in [-0.4, -0.2) is 58.3 Å². The summed E-state index contributed by atoms with van der Waals surface area (Å²) in [4.78, 5) is 15.3. The molecular formula is C20H23N7O. The minimum atomic E-state index is 0.280. The van der Waals surface area contributed by atoms with Crippen molar-refractivity contribution in [3.8, 4) is 5.75 Å². The molecule has 1 aromatic heterocycles. The van der Waals surface area contributed by atoms with Gasteiger partial charge < -0.3 is 10.5 Å². The maximum Gasteiger partial charge on any atom is 0.222 e. The molecule has 0 aliphatic carbocycles.